The smallest absolute Gasteiger partial charge is 0.0233 e. The molecule has 1 aromatic rings. The fourth-order valence-corrected chi connectivity index (χ4v) is 2.99. The zero-order chi connectivity index (χ0) is 12.0. The van der Waals surface area contributed by atoms with Crippen molar-refractivity contribution in [3.05, 3.63) is 33.4 Å². The monoisotopic (exact) mass is 349 g/mol. The molecule has 0 radical (unpaired) electrons. The highest BCUT2D eigenvalue weighted by Gasteiger charge is 2.11. The van der Waals surface area contributed by atoms with Gasteiger partial charge in [-0.2, -0.15) is 11.8 Å². The van der Waals surface area contributed by atoms with Gasteiger partial charge in [0.25, 0.3) is 0 Å². The summed E-state index contributed by atoms with van der Waals surface area (Å²) in [4.78, 5) is 2.46. The van der Waals surface area contributed by atoms with Crippen molar-refractivity contribution in [2.45, 2.75) is 25.9 Å². The highest BCUT2D eigenvalue weighted by atomic mass is 127. The summed E-state index contributed by atoms with van der Waals surface area (Å²) in [7, 11) is 2.22. The lowest BCUT2D eigenvalue weighted by atomic mass is 10.1. The van der Waals surface area contributed by atoms with Gasteiger partial charge in [-0.3, -0.25) is 4.90 Å². The Morgan fingerprint density at radius 3 is 2.44 bits per heavy atom. The first-order valence-electron chi connectivity index (χ1n) is 5.61. The third-order valence-corrected chi connectivity index (χ3v) is 4.24. The van der Waals surface area contributed by atoms with Crippen LogP contribution in [0.4, 0.5) is 0 Å². The first kappa shape index (κ1) is 14.3. The lowest BCUT2D eigenvalue weighted by molar-refractivity contribution is 0.248. The molecular formula is C13H20INS. The average molecular weight is 349 g/mol. The molecule has 0 aromatic heterocycles. The van der Waals surface area contributed by atoms with Gasteiger partial charge in [0, 0.05) is 21.9 Å². The Bertz CT molecular complexity index is 299. The molecule has 0 saturated heterocycles. The van der Waals surface area contributed by atoms with Crippen molar-refractivity contribution in [1.82, 2.24) is 4.90 Å². The summed E-state index contributed by atoms with van der Waals surface area (Å²) in [5, 5.41) is 0. The molecular weight excluding hydrogens is 329 g/mol. The molecule has 0 fully saturated rings. The minimum absolute atomic E-state index is 0.689. The predicted octanol–water partition coefficient (Wildman–Crippen LogP) is 3.86. The first-order chi connectivity index (χ1) is 7.67. The second kappa shape index (κ2) is 7.56. The van der Waals surface area contributed by atoms with Crippen molar-refractivity contribution >= 4 is 34.4 Å². The van der Waals surface area contributed by atoms with Crippen LogP contribution in [0.1, 0.15) is 18.9 Å². The zero-order valence-corrected chi connectivity index (χ0v) is 13.2. The molecule has 0 N–H and O–H groups in total. The van der Waals surface area contributed by atoms with Crippen LogP contribution in [0.2, 0.25) is 0 Å². The quantitative estimate of drug-likeness (QED) is 0.718. The van der Waals surface area contributed by atoms with Crippen molar-refractivity contribution in [1.29, 1.82) is 0 Å². The van der Waals surface area contributed by atoms with E-state index in [0.29, 0.717) is 6.04 Å². The van der Waals surface area contributed by atoms with Crippen LogP contribution in [0, 0.1) is 3.57 Å². The number of thioether (sulfide) groups is 1. The van der Waals surface area contributed by atoms with Crippen LogP contribution in [0.15, 0.2) is 24.3 Å². The number of rotatable bonds is 6. The van der Waals surface area contributed by atoms with E-state index < -0.39 is 0 Å². The van der Waals surface area contributed by atoms with E-state index in [-0.39, 0.29) is 0 Å². The summed E-state index contributed by atoms with van der Waals surface area (Å²) in [6.07, 6.45) is 3.41. The topological polar surface area (TPSA) is 3.24 Å². The van der Waals surface area contributed by atoms with Crippen LogP contribution in [0.5, 0.6) is 0 Å². The third-order valence-electron chi connectivity index (χ3n) is 2.80. The van der Waals surface area contributed by atoms with Gasteiger partial charge < -0.3 is 0 Å². The summed E-state index contributed by atoms with van der Waals surface area (Å²) >= 11 is 4.28. The van der Waals surface area contributed by atoms with Gasteiger partial charge in [0.2, 0.25) is 0 Å². The maximum absolute atomic E-state index is 2.46. The summed E-state index contributed by atoms with van der Waals surface area (Å²) < 4.78 is 1.31. The summed E-state index contributed by atoms with van der Waals surface area (Å²) in [5.74, 6) is 1.22. The van der Waals surface area contributed by atoms with Crippen LogP contribution < -0.4 is 0 Å². The van der Waals surface area contributed by atoms with Crippen LogP contribution >= 0.6 is 34.4 Å². The molecule has 3 heteroatoms. The molecule has 0 heterocycles. The molecule has 1 atom stereocenters. The molecule has 0 spiro atoms. The number of halogens is 1. The summed E-state index contributed by atoms with van der Waals surface area (Å²) in [6, 6.07) is 9.50. The normalized spacial score (nSPS) is 13.1. The van der Waals surface area contributed by atoms with Gasteiger partial charge in [0.05, 0.1) is 0 Å². The van der Waals surface area contributed by atoms with E-state index in [4.69, 9.17) is 0 Å². The van der Waals surface area contributed by atoms with E-state index in [1.165, 1.54) is 21.3 Å². The fourth-order valence-electron chi connectivity index (χ4n) is 1.76. The van der Waals surface area contributed by atoms with E-state index in [2.05, 4.69) is 72.0 Å². The largest absolute Gasteiger partial charge is 0.298 e. The average Bonchev–Trinajstić information content (AvgIpc) is 2.29. The number of benzene rings is 1. The summed E-state index contributed by atoms with van der Waals surface area (Å²) in [5.41, 5.74) is 1.41. The molecule has 1 aromatic carbocycles. The van der Waals surface area contributed by atoms with Gasteiger partial charge in [-0.1, -0.05) is 19.1 Å². The van der Waals surface area contributed by atoms with Crippen molar-refractivity contribution in [2.24, 2.45) is 0 Å². The molecule has 16 heavy (non-hydrogen) atoms. The van der Waals surface area contributed by atoms with E-state index in [1.807, 2.05) is 11.8 Å². The van der Waals surface area contributed by atoms with E-state index in [9.17, 15) is 0 Å². The zero-order valence-electron chi connectivity index (χ0n) is 10.2. The van der Waals surface area contributed by atoms with Crippen LogP contribution in [0.3, 0.4) is 0 Å². The lowest BCUT2D eigenvalue weighted by Gasteiger charge is -2.26. The van der Waals surface area contributed by atoms with E-state index in [1.54, 1.807) is 0 Å². The highest BCUT2D eigenvalue weighted by Crippen LogP contribution is 2.13. The number of nitrogens with zero attached hydrogens (tertiary/aromatic N) is 1. The van der Waals surface area contributed by atoms with Gasteiger partial charge in [-0.05, 0) is 60.0 Å². The predicted molar refractivity (Wildman–Crippen MR) is 83.1 cm³/mol. The molecule has 0 aliphatic heterocycles. The molecule has 0 bridgehead atoms. The standard InChI is InChI=1S/C13H20INS/c1-4-13(10-16-3)15(2)9-11-5-7-12(14)8-6-11/h5-8,13H,4,9-10H2,1-3H3. The van der Waals surface area contributed by atoms with Crippen LogP contribution in [-0.2, 0) is 6.54 Å². The Morgan fingerprint density at radius 1 is 1.31 bits per heavy atom. The Balaban J connectivity index is 2.55. The van der Waals surface area contributed by atoms with Crippen molar-refractivity contribution in [2.75, 3.05) is 19.1 Å². The Kier molecular flexibility index (Phi) is 6.77. The lowest BCUT2D eigenvalue weighted by Crippen LogP contribution is -2.32. The Morgan fingerprint density at radius 2 is 1.94 bits per heavy atom. The first-order valence-corrected chi connectivity index (χ1v) is 8.08. The number of hydrogen-bond acceptors (Lipinski definition) is 2. The molecule has 1 nitrogen and oxygen atoms in total. The minimum atomic E-state index is 0.689. The summed E-state index contributed by atoms with van der Waals surface area (Å²) in [6.45, 7) is 3.32. The van der Waals surface area contributed by atoms with Crippen molar-refractivity contribution in [3.8, 4) is 0 Å². The molecule has 90 valence electrons. The second-order valence-electron chi connectivity index (χ2n) is 4.06. The van der Waals surface area contributed by atoms with Crippen LogP contribution in [0.25, 0.3) is 0 Å². The Labute approximate surface area is 117 Å². The van der Waals surface area contributed by atoms with E-state index >= 15 is 0 Å². The van der Waals surface area contributed by atoms with Gasteiger partial charge in [-0.15, -0.1) is 0 Å². The SMILES string of the molecule is CCC(CSC)N(C)Cc1ccc(I)cc1. The molecule has 0 aliphatic rings. The molecule has 0 amide bonds. The second-order valence-corrected chi connectivity index (χ2v) is 6.22. The van der Waals surface area contributed by atoms with Gasteiger partial charge in [0.1, 0.15) is 0 Å². The molecule has 1 unspecified atom stereocenters. The molecule has 0 aliphatic carbocycles. The third kappa shape index (κ3) is 4.63. The maximum Gasteiger partial charge on any atom is 0.0233 e. The van der Waals surface area contributed by atoms with Crippen molar-refractivity contribution in [3.63, 3.8) is 0 Å². The van der Waals surface area contributed by atoms with Gasteiger partial charge in [0.15, 0.2) is 0 Å². The van der Waals surface area contributed by atoms with Gasteiger partial charge in [-0.25, -0.2) is 0 Å². The molecule has 1 rings (SSSR count). The number of hydrogen-bond donors (Lipinski definition) is 0. The van der Waals surface area contributed by atoms with E-state index in [0.717, 1.165) is 6.54 Å². The van der Waals surface area contributed by atoms with Gasteiger partial charge >= 0.3 is 0 Å². The fraction of sp³-hybridized carbons (Fsp3) is 0.538. The minimum Gasteiger partial charge on any atom is -0.298 e. The molecule has 0 saturated carbocycles. The van der Waals surface area contributed by atoms with Crippen molar-refractivity contribution < 1.29 is 0 Å². The van der Waals surface area contributed by atoms with Crippen LogP contribution in [-0.4, -0.2) is 30.0 Å². The highest BCUT2D eigenvalue weighted by molar-refractivity contribution is 14.1. The Hall–Kier alpha value is 0.260. The maximum atomic E-state index is 2.46.